The summed E-state index contributed by atoms with van der Waals surface area (Å²) in [6.45, 7) is 2.25. The van der Waals surface area contributed by atoms with E-state index in [1.54, 1.807) is 30.3 Å². The van der Waals surface area contributed by atoms with Gasteiger partial charge in [-0.1, -0.05) is 18.2 Å². The van der Waals surface area contributed by atoms with Crippen molar-refractivity contribution in [2.45, 2.75) is 6.92 Å². The standard InChI is InChI=1S/C16H15FO3/c1-3-20-13-9-5-4-7-11(13)16(18)15-12(17)8-6-10-14(15)19-2/h4-10H,3H2,1-2H3. The zero-order valence-corrected chi connectivity index (χ0v) is 11.4. The molecule has 0 fully saturated rings. The molecular weight excluding hydrogens is 259 g/mol. The molecule has 0 amide bonds. The molecule has 2 aromatic carbocycles. The van der Waals surface area contributed by atoms with Gasteiger partial charge in [-0.15, -0.1) is 0 Å². The SMILES string of the molecule is CCOc1ccccc1C(=O)c1c(F)cccc1OC. The first-order valence-electron chi connectivity index (χ1n) is 6.28. The summed E-state index contributed by atoms with van der Waals surface area (Å²) in [6.07, 6.45) is 0. The molecule has 0 aliphatic rings. The van der Waals surface area contributed by atoms with E-state index >= 15 is 0 Å². The first-order valence-corrected chi connectivity index (χ1v) is 6.28. The van der Waals surface area contributed by atoms with Crippen LogP contribution < -0.4 is 9.47 Å². The summed E-state index contributed by atoms with van der Waals surface area (Å²) < 4.78 is 24.4. The highest BCUT2D eigenvalue weighted by Gasteiger charge is 2.21. The van der Waals surface area contributed by atoms with Gasteiger partial charge in [0.15, 0.2) is 0 Å². The Balaban J connectivity index is 2.52. The molecule has 104 valence electrons. The van der Waals surface area contributed by atoms with Crippen LogP contribution in [0.5, 0.6) is 11.5 Å². The molecule has 0 heterocycles. The molecule has 20 heavy (non-hydrogen) atoms. The number of hydrogen-bond donors (Lipinski definition) is 0. The van der Waals surface area contributed by atoms with Crippen LogP contribution in [0, 0.1) is 5.82 Å². The lowest BCUT2D eigenvalue weighted by Crippen LogP contribution is -2.09. The second-order valence-electron chi connectivity index (χ2n) is 4.08. The average Bonchev–Trinajstić information content (AvgIpc) is 2.47. The second kappa shape index (κ2) is 6.19. The van der Waals surface area contributed by atoms with E-state index in [9.17, 15) is 9.18 Å². The molecule has 4 heteroatoms. The van der Waals surface area contributed by atoms with Crippen molar-refractivity contribution in [1.29, 1.82) is 0 Å². The predicted octanol–water partition coefficient (Wildman–Crippen LogP) is 3.46. The van der Waals surface area contributed by atoms with Gasteiger partial charge in [-0.05, 0) is 31.2 Å². The van der Waals surface area contributed by atoms with Crippen LogP contribution in [0.15, 0.2) is 42.5 Å². The number of halogens is 1. The van der Waals surface area contributed by atoms with Crippen molar-refractivity contribution < 1.29 is 18.7 Å². The number of benzene rings is 2. The molecule has 2 rings (SSSR count). The monoisotopic (exact) mass is 274 g/mol. The normalized spacial score (nSPS) is 10.2. The van der Waals surface area contributed by atoms with Gasteiger partial charge < -0.3 is 9.47 Å². The van der Waals surface area contributed by atoms with Crippen molar-refractivity contribution in [3.05, 3.63) is 59.4 Å². The molecule has 2 aromatic rings. The number of carbonyl (C=O) groups excluding carboxylic acids is 1. The van der Waals surface area contributed by atoms with E-state index in [2.05, 4.69) is 0 Å². The van der Waals surface area contributed by atoms with Crippen LogP contribution >= 0.6 is 0 Å². The van der Waals surface area contributed by atoms with Crippen molar-refractivity contribution in [2.75, 3.05) is 13.7 Å². The molecule has 0 aliphatic heterocycles. The third-order valence-corrected chi connectivity index (χ3v) is 2.85. The maximum absolute atomic E-state index is 13.9. The van der Waals surface area contributed by atoms with Crippen LogP contribution in [0.4, 0.5) is 4.39 Å². The Hall–Kier alpha value is -2.36. The third-order valence-electron chi connectivity index (χ3n) is 2.85. The molecule has 0 N–H and O–H groups in total. The first-order chi connectivity index (χ1) is 9.69. The van der Waals surface area contributed by atoms with E-state index in [0.717, 1.165) is 0 Å². The fraction of sp³-hybridized carbons (Fsp3) is 0.188. The fourth-order valence-electron chi connectivity index (χ4n) is 1.97. The number of methoxy groups -OCH3 is 1. The number of carbonyl (C=O) groups is 1. The number of hydrogen-bond acceptors (Lipinski definition) is 3. The highest BCUT2D eigenvalue weighted by molar-refractivity contribution is 6.12. The van der Waals surface area contributed by atoms with E-state index < -0.39 is 11.6 Å². The maximum Gasteiger partial charge on any atom is 0.203 e. The molecule has 3 nitrogen and oxygen atoms in total. The van der Waals surface area contributed by atoms with Crippen LogP contribution in [-0.2, 0) is 0 Å². The summed E-state index contributed by atoms with van der Waals surface area (Å²) in [5, 5.41) is 0. The smallest absolute Gasteiger partial charge is 0.203 e. The maximum atomic E-state index is 13.9. The van der Waals surface area contributed by atoms with Gasteiger partial charge in [0.25, 0.3) is 0 Å². The van der Waals surface area contributed by atoms with Crippen molar-refractivity contribution in [3.8, 4) is 11.5 Å². The van der Waals surface area contributed by atoms with Crippen LogP contribution in [0.1, 0.15) is 22.8 Å². The molecule has 0 aromatic heterocycles. The summed E-state index contributed by atoms with van der Waals surface area (Å²) in [7, 11) is 1.40. The summed E-state index contributed by atoms with van der Waals surface area (Å²) in [4.78, 5) is 12.5. The number of ketones is 1. The lowest BCUT2D eigenvalue weighted by molar-refractivity contribution is 0.102. The molecule has 0 saturated carbocycles. The van der Waals surface area contributed by atoms with Crippen LogP contribution in [0.2, 0.25) is 0 Å². The summed E-state index contributed by atoms with van der Waals surface area (Å²) >= 11 is 0. The van der Waals surface area contributed by atoms with E-state index in [1.807, 2.05) is 6.92 Å². The minimum atomic E-state index is -0.611. The van der Waals surface area contributed by atoms with E-state index in [0.29, 0.717) is 17.9 Å². The first kappa shape index (κ1) is 14.1. The minimum absolute atomic E-state index is 0.0813. The summed E-state index contributed by atoms with van der Waals surface area (Å²) in [5.41, 5.74) is 0.236. The molecule has 0 aliphatic carbocycles. The van der Waals surface area contributed by atoms with Gasteiger partial charge in [-0.2, -0.15) is 0 Å². The number of para-hydroxylation sites is 1. The Bertz CT molecular complexity index is 623. The highest BCUT2D eigenvalue weighted by atomic mass is 19.1. The van der Waals surface area contributed by atoms with Crippen molar-refractivity contribution >= 4 is 5.78 Å². The zero-order chi connectivity index (χ0) is 14.5. The summed E-state index contributed by atoms with van der Waals surface area (Å²) in [6, 6.07) is 11.1. The van der Waals surface area contributed by atoms with Gasteiger partial charge in [0.05, 0.1) is 19.3 Å². The molecule has 0 spiro atoms. The second-order valence-corrected chi connectivity index (χ2v) is 4.08. The Morgan fingerprint density at radius 1 is 1.10 bits per heavy atom. The minimum Gasteiger partial charge on any atom is -0.496 e. The van der Waals surface area contributed by atoms with Crippen LogP contribution in [-0.4, -0.2) is 19.5 Å². The Labute approximate surface area is 117 Å². The fourth-order valence-corrected chi connectivity index (χ4v) is 1.97. The molecule has 0 bridgehead atoms. The third kappa shape index (κ3) is 2.64. The van der Waals surface area contributed by atoms with E-state index in [4.69, 9.17) is 9.47 Å². The Kier molecular flexibility index (Phi) is 4.35. The molecule has 0 saturated heterocycles. The van der Waals surface area contributed by atoms with Gasteiger partial charge in [0.1, 0.15) is 22.9 Å². The van der Waals surface area contributed by atoms with Gasteiger partial charge in [0.2, 0.25) is 5.78 Å². The van der Waals surface area contributed by atoms with Crippen molar-refractivity contribution in [3.63, 3.8) is 0 Å². The van der Waals surface area contributed by atoms with Crippen LogP contribution in [0.3, 0.4) is 0 Å². The quantitative estimate of drug-likeness (QED) is 0.783. The van der Waals surface area contributed by atoms with Gasteiger partial charge in [0, 0.05) is 0 Å². The van der Waals surface area contributed by atoms with Crippen molar-refractivity contribution in [2.24, 2.45) is 0 Å². The van der Waals surface area contributed by atoms with E-state index in [1.165, 1.54) is 19.2 Å². The van der Waals surface area contributed by atoms with Gasteiger partial charge in [-0.3, -0.25) is 4.79 Å². The zero-order valence-electron chi connectivity index (χ0n) is 11.4. The molecule has 0 radical (unpaired) electrons. The van der Waals surface area contributed by atoms with Crippen LogP contribution in [0.25, 0.3) is 0 Å². The molecule has 0 unspecified atom stereocenters. The van der Waals surface area contributed by atoms with Gasteiger partial charge >= 0.3 is 0 Å². The Morgan fingerprint density at radius 3 is 2.50 bits per heavy atom. The largest absolute Gasteiger partial charge is 0.496 e. The predicted molar refractivity (Wildman–Crippen MR) is 74.0 cm³/mol. The van der Waals surface area contributed by atoms with Gasteiger partial charge in [-0.25, -0.2) is 4.39 Å². The molecule has 0 atom stereocenters. The average molecular weight is 274 g/mol. The highest BCUT2D eigenvalue weighted by Crippen LogP contribution is 2.28. The summed E-state index contributed by atoms with van der Waals surface area (Å²) in [5.74, 6) is -0.420. The van der Waals surface area contributed by atoms with Crippen molar-refractivity contribution in [1.82, 2.24) is 0 Å². The topological polar surface area (TPSA) is 35.5 Å². The van der Waals surface area contributed by atoms with E-state index in [-0.39, 0.29) is 11.3 Å². The lowest BCUT2D eigenvalue weighted by atomic mass is 10.0. The Morgan fingerprint density at radius 2 is 1.80 bits per heavy atom. The number of ether oxygens (including phenoxy) is 2. The number of rotatable bonds is 5. The lowest BCUT2D eigenvalue weighted by Gasteiger charge is -2.12. The molecular formula is C16H15FO3.